The van der Waals surface area contributed by atoms with Crippen molar-refractivity contribution in [3.05, 3.63) is 27.3 Å². The van der Waals surface area contributed by atoms with Crippen molar-refractivity contribution in [2.75, 3.05) is 13.2 Å². The van der Waals surface area contributed by atoms with Gasteiger partial charge >= 0.3 is 11.9 Å². The molecule has 0 saturated carbocycles. The van der Waals surface area contributed by atoms with Crippen molar-refractivity contribution in [2.45, 2.75) is 20.8 Å². The van der Waals surface area contributed by atoms with Gasteiger partial charge in [-0.25, -0.2) is 0 Å². The maximum absolute atomic E-state index is 11.8. The van der Waals surface area contributed by atoms with E-state index in [-0.39, 0.29) is 13.2 Å². The predicted octanol–water partition coefficient (Wildman–Crippen LogP) is 3.04. The van der Waals surface area contributed by atoms with Crippen molar-refractivity contribution in [1.82, 2.24) is 0 Å². The fraction of sp³-hybridized carbons (Fsp3) is 0.400. The lowest BCUT2D eigenvalue weighted by Gasteiger charge is -2.10. The number of halogens is 1. The first-order chi connectivity index (χ1) is 9.99. The molecule has 0 aliphatic carbocycles. The Morgan fingerprint density at radius 2 is 1.81 bits per heavy atom. The Balaban J connectivity index is 2.93. The minimum absolute atomic E-state index is 0.200. The molecule has 0 spiro atoms. The van der Waals surface area contributed by atoms with Crippen molar-refractivity contribution >= 4 is 46.4 Å². The van der Waals surface area contributed by atoms with Crippen LogP contribution in [0.1, 0.15) is 19.4 Å². The third-order valence-electron chi connectivity index (χ3n) is 2.60. The number of nitrogens with zero attached hydrogens (tertiary/aromatic N) is 1. The van der Waals surface area contributed by atoms with Crippen molar-refractivity contribution in [3.8, 4) is 0 Å². The van der Waals surface area contributed by atoms with Crippen molar-refractivity contribution in [2.24, 2.45) is 10.9 Å². The summed E-state index contributed by atoms with van der Waals surface area (Å²) in [6.07, 6.45) is 1.28. The number of carbonyl (C=O) groups is 2. The summed E-state index contributed by atoms with van der Waals surface area (Å²) in [6, 6.07) is 5.62. The highest BCUT2D eigenvalue weighted by Crippen LogP contribution is 2.19. The van der Waals surface area contributed by atoms with Crippen LogP contribution in [0, 0.1) is 16.4 Å². The summed E-state index contributed by atoms with van der Waals surface area (Å²) in [7, 11) is 0. The van der Waals surface area contributed by atoms with Crippen LogP contribution < -0.4 is 0 Å². The van der Waals surface area contributed by atoms with Gasteiger partial charge in [0, 0.05) is 9.78 Å². The smallest absolute Gasteiger partial charge is 0.325 e. The number of hydrogen-bond donors (Lipinski definition) is 0. The zero-order valence-corrected chi connectivity index (χ0v) is 14.4. The number of aryl methyl sites for hydroxylation is 1. The first-order valence-corrected chi connectivity index (χ1v) is 7.71. The number of carbonyl (C=O) groups excluding carboxylic acids is 2. The summed E-state index contributed by atoms with van der Waals surface area (Å²) in [5.74, 6) is -2.44. The molecule has 0 N–H and O–H groups in total. The molecule has 0 bridgehead atoms. The fourth-order valence-electron chi connectivity index (χ4n) is 1.55. The normalized spacial score (nSPS) is 10.9. The van der Waals surface area contributed by atoms with Gasteiger partial charge in [0.05, 0.1) is 18.9 Å². The Labute approximate surface area is 137 Å². The average molecular weight is 403 g/mol. The monoisotopic (exact) mass is 403 g/mol. The second-order valence-corrected chi connectivity index (χ2v) is 5.36. The Bertz CT molecular complexity index is 524. The summed E-state index contributed by atoms with van der Waals surface area (Å²) >= 11 is 2.23. The number of esters is 2. The number of ether oxygens (including phenoxy) is 2. The second kappa shape index (κ2) is 8.76. The highest BCUT2D eigenvalue weighted by atomic mass is 127. The Kier molecular flexibility index (Phi) is 7.35. The van der Waals surface area contributed by atoms with E-state index in [0.717, 1.165) is 9.13 Å². The van der Waals surface area contributed by atoms with Gasteiger partial charge in [-0.3, -0.25) is 14.6 Å². The maximum atomic E-state index is 11.8. The molecule has 114 valence electrons. The highest BCUT2D eigenvalue weighted by Gasteiger charge is 2.27. The zero-order chi connectivity index (χ0) is 15.8. The van der Waals surface area contributed by atoms with Crippen molar-refractivity contribution < 1.29 is 19.1 Å². The topological polar surface area (TPSA) is 65.0 Å². The standard InChI is InChI=1S/C15H18INO4/c1-4-20-14(18)12(15(19)21-5-2)9-17-11-6-7-13(16)10(3)8-11/h6-9,12H,4-5H2,1-3H3. The van der Waals surface area contributed by atoms with E-state index in [2.05, 4.69) is 27.6 Å². The maximum Gasteiger partial charge on any atom is 0.325 e. The molecule has 5 nitrogen and oxygen atoms in total. The first-order valence-electron chi connectivity index (χ1n) is 6.63. The van der Waals surface area contributed by atoms with Gasteiger partial charge in [-0.2, -0.15) is 0 Å². The molecule has 0 heterocycles. The van der Waals surface area contributed by atoms with E-state index in [9.17, 15) is 9.59 Å². The average Bonchev–Trinajstić information content (AvgIpc) is 2.43. The fourth-order valence-corrected chi connectivity index (χ4v) is 1.89. The van der Waals surface area contributed by atoms with Crippen LogP contribution in [0.3, 0.4) is 0 Å². The third-order valence-corrected chi connectivity index (χ3v) is 3.81. The lowest BCUT2D eigenvalue weighted by molar-refractivity contribution is -0.157. The van der Waals surface area contributed by atoms with Gasteiger partial charge in [-0.1, -0.05) is 0 Å². The second-order valence-electron chi connectivity index (χ2n) is 4.19. The predicted molar refractivity (Wildman–Crippen MR) is 88.8 cm³/mol. The molecular formula is C15H18INO4. The third kappa shape index (κ3) is 5.45. The summed E-state index contributed by atoms with van der Waals surface area (Å²) < 4.78 is 10.9. The molecule has 0 aromatic heterocycles. The minimum atomic E-state index is -1.13. The lowest BCUT2D eigenvalue weighted by Crippen LogP contribution is -2.29. The van der Waals surface area contributed by atoms with Crippen LogP contribution in [-0.2, 0) is 19.1 Å². The van der Waals surface area contributed by atoms with E-state index in [0.29, 0.717) is 5.69 Å². The molecule has 21 heavy (non-hydrogen) atoms. The van der Waals surface area contributed by atoms with E-state index in [4.69, 9.17) is 9.47 Å². The van der Waals surface area contributed by atoms with Crippen LogP contribution in [0.4, 0.5) is 5.69 Å². The van der Waals surface area contributed by atoms with Gasteiger partial charge in [0.1, 0.15) is 0 Å². The number of rotatable bonds is 6. The molecular weight excluding hydrogens is 385 g/mol. The van der Waals surface area contributed by atoms with E-state index in [1.165, 1.54) is 6.21 Å². The first kappa shape index (κ1) is 17.6. The van der Waals surface area contributed by atoms with E-state index in [1.54, 1.807) is 13.8 Å². The molecule has 0 saturated heterocycles. The molecule has 0 radical (unpaired) electrons. The summed E-state index contributed by atoms with van der Waals surface area (Å²) in [4.78, 5) is 27.8. The Morgan fingerprint density at radius 1 is 1.24 bits per heavy atom. The molecule has 6 heteroatoms. The number of aliphatic imine (C=N–C) groups is 1. The molecule has 1 aromatic carbocycles. The van der Waals surface area contributed by atoms with Gasteiger partial charge in [0.25, 0.3) is 0 Å². The summed E-state index contributed by atoms with van der Waals surface area (Å²) in [5, 5.41) is 0. The minimum Gasteiger partial charge on any atom is -0.465 e. The summed E-state index contributed by atoms with van der Waals surface area (Å²) in [5.41, 5.74) is 1.75. The molecule has 0 aliphatic heterocycles. The van der Waals surface area contributed by atoms with Gasteiger partial charge in [-0.05, 0) is 67.1 Å². The van der Waals surface area contributed by atoms with Gasteiger partial charge in [0.15, 0.2) is 5.92 Å². The quantitative estimate of drug-likeness (QED) is 0.317. The van der Waals surface area contributed by atoms with Gasteiger partial charge < -0.3 is 9.47 Å². The molecule has 0 unspecified atom stereocenters. The number of hydrogen-bond acceptors (Lipinski definition) is 5. The molecule has 0 atom stereocenters. The van der Waals surface area contributed by atoms with Crippen LogP contribution in [0.25, 0.3) is 0 Å². The SMILES string of the molecule is CCOC(=O)C(C=Nc1ccc(I)c(C)c1)C(=O)OCC. The Morgan fingerprint density at radius 3 is 2.29 bits per heavy atom. The van der Waals surface area contributed by atoms with Crippen LogP contribution in [0.15, 0.2) is 23.2 Å². The molecule has 0 amide bonds. The summed E-state index contributed by atoms with van der Waals surface area (Å²) in [6.45, 7) is 5.73. The van der Waals surface area contributed by atoms with Crippen molar-refractivity contribution in [3.63, 3.8) is 0 Å². The lowest BCUT2D eigenvalue weighted by atomic mass is 10.1. The van der Waals surface area contributed by atoms with Crippen LogP contribution in [-0.4, -0.2) is 31.4 Å². The largest absolute Gasteiger partial charge is 0.465 e. The molecule has 1 aromatic rings. The van der Waals surface area contributed by atoms with Crippen LogP contribution in [0.5, 0.6) is 0 Å². The number of benzene rings is 1. The van der Waals surface area contributed by atoms with Gasteiger partial charge in [0.2, 0.25) is 0 Å². The van der Waals surface area contributed by atoms with Crippen LogP contribution in [0.2, 0.25) is 0 Å². The molecule has 1 rings (SSSR count). The van der Waals surface area contributed by atoms with Gasteiger partial charge in [-0.15, -0.1) is 0 Å². The molecule has 0 aliphatic rings. The molecule has 0 fully saturated rings. The van der Waals surface area contributed by atoms with Crippen molar-refractivity contribution in [1.29, 1.82) is 0 Å². The zero-order valence-electron chi connectivity index (χ0n) is 12.3. The highest BCUT2D eigenvalue weighted by molar-refractivity contribution is 14.1. The van der Waals surface area contributed by atoms with E-state index >= 15 is 0 Å². The van der Waals surface area contributed by atoms with Crippen LogP contribution >= 0.6 is 22.6 Å². The Hall–Kier alpha value is -1.44. The van der Waals surface area contributed by atoms with E-state index < -0.39 is 17.9 Å². The van der Waals surface area contributed by atoms with E-state index in [1.807, 2.05) is 25.1 Å².